The third-order valence-corrected chi connectivity index (χ3v) is 5.37. The lowest BCUT2D eigenvalue weighted by Crippen LogP contribution is -2.36. The van der Waals surface area contributed by atoms with Gasteiger partial charge in [0.05, 0.1) is 0 Å². The SMILES string of the molecule is O=C(NO)c1ccc2c(c1)CN(C(=O)C(=Cc1ccc(F)cc1)c1ccccc1)CC2. The molecule has 31 heavy (non-hydrogen) atoms. The Morgan fingerprint density at radius 3 is 2.39 bits per heavy atom. The summed E-state index contributed by atoms with van der Waals surface area (Å²) >= 11 is 0. The number of hydrogen-bond acceptors (Lipinski definition) is 3. The summed E-state index contributed by atoms with van der Waals surface area (Å²) in [5, 5.41) is 8.89. The highest BCUT2D eigenvalue weighted by Gasteiger charge is 2.25. The van der Waals surface area contributed by atoms with Gasteiger partial charge in [0.1, 0.15) is 5.82 Å². The average Bonchev–Trinajstić information content (AvgIpc) is 2.82. The Kier molecular flexibility index (Phi) is 5.91. The molecule has 0 fully saturated rings. The van der Waals surface area contributed by atoms with Crippen LogP contribution in [-0.4, -0.2) is 28.5 Å². The molecule has 3 aromatic rings. The number of halogens is 1. The third-order valence-electron chi connectivity index (χ3n) is 5.37. The van der Waals surface area contributed by atoms with Gasteiger partial charge in [0.2, 0.25) is 0 Å². The lowest BCUT2D eigenvalue weighted by molar-refractivity contribution is -0.125. The number of hydrogen-bond donors (Lipinski definition) is 2. The van der Waals surface area contributed by atoms with Crippen LogP contribution in [0.5, 0.6) is 0 Å². The maximum atomic E-state index is 13.5. The van der Waals surface area contributed by atoms with Gasteiger partial charge >= 0.3 is 0 Å². The van der Waals surface area contributed by atoms with Crippen molar-refractivity contribution < 1.29 is 19.2 Å². The van der Waals surface area contributed by atoms with Gasteiger partial charge in [-0.2, -0.15) is 0 Å². The van der Waals surface area contributed by atoms with Crippen molar-refractivity contribution in [1.82, 2.24) is 10.4 Å². The van der Waals surface area contributed by atoms with Gasteiger partial charge in [-0.05, 0) is 59.0 Å². The summed E-state index contributed by atoms with van der Waals surface area (Å²) < 4.78 is 13.3. The zero-order valence-electron chi connectivity index (χ0n) is 16.7. The van der Waals surface area contributed by atoms with Crippen molar-refractivity contribution in [2.45, 2.75) is 13.0 Å². The second-order valence-corrected chi connectivity index (χ2v) is 7.38. The number of fused-ring (bicyclic) bond motifs is 1. The maximum absolute atomic E-state index is 13.5. The van der Waals surface area contributed by atoms with E-state index < -0.39 is 5.91 Å². The Morgan fingerprint density at radius 2 is 1.68 bits per heavy atom. The zero-order valence-corrected chi connectivity index (χ0v) is 16.7. The molecule has 0 aromatic heterocycles. The van der Waals surface area contributed by atoms with E-state index in [4.69, 9.17) is 5.21 Å². The van der Waals surface area contributed by atoms with E-state index in [9.17, 15) is 14.0 Å². The normalized spacial score (nSPS) is 13.5. The average molecular weight is 416 g/mol. The molecule has 3 aromatic carbocycles. The van der Waals surface area contributed by atoms with E-state index in [0.717, 1.165) is 22.3 Å². The van der Waals surface area contributed by atoms with Crippen LogP contribution in [0.1, 0.15) is 32.6 Å². The first-order valence-electron chi connectivity index (χ1n) is 9.93. The van der Waals surface area contributed by atoms with E-state index in [1.807, 2.05) is 36.4 Å². The molecule has 0 spiro atoms. The Balaban J connectivity index is 1.66. The maximum Gasteiger partial charge on any atom is 0.274 e. The molecule has 0 atom stereocenters. The fourth-order valence-corrected chi connectivity index (χ4v) is 3.72. The summed E-state index contributed by atoms with van der Waals surface area (Å²) in [6.07, 6.45) is 2.43. The third kappa shape index (κ3) is 4.54. The van der Waals surface area contributed by atoms with E-state index in [2.05, 4.69) is 0 Å². The molecule has 0 radical (unpaired) electrons. The predicted octanol–water partition coefficient (Wildman–Crippen LogP) is 4.07. The van der Waals surface area contributed by atoms with Crippen LogP contribution in [0.2, 0.25) is 0 Å². The van der Waals surface area contributed by atoms with Crippen molar-refractivity contribution in [1.29, 1.82) is 0 Å². The van der Waals surface area contributed by atoms with E-state index in [0.29, 0.717) is 30.6 Å². The van der Waals surface area contributed by atoms with Crippen LogP contribution in [0.25, 0.3) is 11.6 Å². The Hall–Kier alpha value is -3.77. The summed E-state index contributed by atoms with van der Waals surface area (Å²) in [4.78, 5) is 27.0. The van der Waals surface area contributed by atoms with Crippen molar-refractivity contribution in [2.75, 3.05) is 6.54 Å². The van der Waals surface area contributed by atoms with Gasteiger partial charge in [0, 0.05) is 24.2 Å². The van der Waals surface area contributed by atoms with Gasteiger partial charge < -0.3 is 4.90 Å². The number of carbonyl (C=O) groups excluding carboxylic acids is 2. The van der Waals surface area contributed by atoms with Gasteiger partial charge in [0.25, 0.3) is 11.8 Å². The summed E-state index contributed by atoms with van der Waals surface area (Å²) in [5.74, 6) is -1.06. The minimum atomic E-state index is -0.590. The fourth-order valence-electron chi connectivity index (χ4n) is 3.72. The molecule has 0 unspecified atom stereocenters. The van der Waals surface area contributed by atoms with Crippen molar-refractivity contribution in [3.05, 3.63) is 106 Å². The number of carbonyl (C=O) groups is 2. The summed E-state index contributed by atoms with van der Waals surface area (Å²) in [5.41, 5.74) is 5.93. The number of benzene rings is 3. The van der Waals surface area contributed by atoms with E-state index in [-0.39, 0.29) is 11.7 Å². The first kappa shape index (κ1) is 20.5. The summed E-state index contributed by atoms with van der Waals surface area (Å²) in [6.45, 7) is 0.902. The van der Waals surface area contributed by atoms with Crippen LogP contribution in [-0.2, 0) is 17.8 Å². The fraction of sp³-hybridized carbons (Fsp3) is 0.120. The highest BCUT2D eigenvalue weighted by Crippen LogP contribution is 2.26. The number of nitrogens with one attached hydrogen (secondary N) is 1. The van der Waals surface area contributed by atoms with Crippen LogP contribution >= 0.6 is 0 Å². The molecule has 4 rings (SSSR count). The molecule has 0 saturated heterocycles. The zero-order chi connectivity index (χ0) is 21.8. The van der Waals surface area contributed by atoms with Crippen LogP contribution in [0.3, 0.4) is 0 Å². The second-order valence-electron chi connectivity index (χ2n) is 7.38. The number of hydroxylamine groups is 1. The first-order valence-corrected chi connectivity index (χ1v) is 9.93. The van der Waals surface area contributed by atoms with Crippen LogP contribution in [0.4, 0.5) is 4.39 Å². The molecule has 2 amide bonds. The molecule has 1 aliphatic heterocycles. The smallest absolute Gasteiger partial charge is 0.274 e. The highest BCUT2D eigenvalue weighted by atomic mass is 19.1. The number of amides is 2. The Morgan fingerprint density at radius 1 is 0.935 bits per heavy atom. The van der Waals surface area contributed by atoms with Crippen molar-refractivity contribution >= 4 is 23.5 Å². The largest absolute Gasteiger partial charge is 0.334 e. The Labute approximate surface area is 179 Å². The van der Waals surface area contributed by atoms with E-state index in [1.165, 1.54) is 12.1 Å². The Bertz CT molecular complexity index is 1140. The molecule has 0 aliphatic carbocycles. The molecule has 2 N–H and O–H groups in total. The molecular weight excluding hydrogens is 395 g/mol. The predicted molar refractivity (Wildman–Crippen MR) is 116 cm³/mol. The quantitative estimate of drug-likeness (QED) is 0.292. The van der Waals surface area contributed by atoms with Gasteiger partial charge in [-0.15, -0.1) is 0 Å². The molecule has 5 nitrogen and oxygen atoms in total. The van der Waals surface area contributed by atoms with Crippen molar-refractivity contribution in [2.24, 2.45) is 0 Å². The van der Waals surface area contributed by atoms with Gasteiger partial charge in [-0.3, -0.25) is 14.8 Å². The standard InChI is InChI=1S/C25H21FN2O3/c26-22-10-6-17(7-11-22)14-23(19-4-2-1-3-5-19)25(30)28-13-12-18-8-9-20(24(29)27-31)15-21(18)16-28/h1-11,14-15,31H,12-13,16H2,(H,27,29). The number of rotatable bonds is 4. The van der Waals surface area contributed by atoms with Gasteiger partial charge in [0.15, 0.2) is 0 Å². The van der Waals surface area contributed by atoms with Gasteiger partial charge in [-0.1, -0.05) is 48.5 Å². The highest BCUT2D eigenvalue weighted by molar-refractivity contribution is 6.24. The van der Waals surface area contributed by atoms with Crippen LogP contribution in [0.15, 0.2) is 72.8 Å². The number of nitrogens with zero attached hydrogens (tertiary/aromatic N) is 1. The molecule has 156 valence electrons. The topological polar surface area (TPSA) is 69.6 Å². The summed E-state index contributed by atoms with van der Waals surface area (Å²) in [7, 11) is 0. The molecule has 1 heterocycles. The lowest BCUT2D eigenvalue weighted by atomic mass is 9.95. The first-order chi connectivity index (χ1) is 15.0. The van der Waals surface area contributed by atoms with Crippen LogP contribution in [0, 0.1) is 5.82 Å². The monoisotopic (exact) mass is 416 g/mol. The van der Waals surface area contributed by atoms with E-state index in [1.54, 1.807) is 40.7 Å². The molecule has 0 saturated carbocycles. The van der Waals surface area contributed by atoms with Crippen LogP contribution < -0.4 is 5.48 Å². The van der Waals surface area contributed by atoms with Crippen molar-refractivity contribution in [3.8, 4) is 0 Å². The molecule has 1 aliphatic rings. The minimum absolute atomic E-state index is 0.141. The molecule has 0 bridgehead atoms. The van der Waals surface area contributed by atoms with Gasteiger partial charge in [-0.25, -0.2) is 9.87 Å². The van der Waals surface area contributed by atoms with Crippen molar-refractivity contribution in [3.63, 3.8) is 0 Å². The molecular formula is C25H21FN2O3. The van der Waals surface area contributed by atoms with E-state index >= 15 is 0 Å². The summed E-state index contributed by atoms with van der Waals surface area (Å²) in [6, 6.07) is 20.6. The molecule has 6 heteroatoms. The lowest BCUT2D eigenvalue weighted by Gasteiger charge is -2.30. The second kappa shape index (κ2) is 8.93. The minimum Gasteiger partial charge on any atom is -0.334 e.